The Balaban J connectivity index is 1.50. The first-order valence-electron chi connectivity index (χ1n) is 7.48. The summed E-state index contributed by atoms with van der Waals surface area (Å²) in [6.07, 6.45) is 6.86. The molecule has 3 aromatic rings. The maximum atomic E-state index is 10.8. The summed E-state index contributed by atoms with van der Waals surface area (Å²) in [6.45, 7) is 0. The van der Waals surface area contributed by atoms with Gasteiger partial charge in [-0.25, -0.2) is 4.98 Å². The molecule has 0 unspecified atom stereocenters. The van der Waals surface area contributed by atoms with Gasteiger partial charge in [-0.1, -0.05) is 23.5 Å². The SMILES string of the molecule is O=C(O)C1CC(Nc2ncc(-c3ccc4cnccc4c3)s2)C1. The molecule has 0 aliphatic heterocycles. The van der Waals surface area contributed by atoms with Gasteiger partial charge in [0.15, 0.2) is 5.13 Å². The highest BCUT2D eigenvalue weighted by molar-refractivity contribution is 7.18. The molecule has 1 saturated carbocycles. The molecule has 116 valence electrons. The number of thiazole rings is 1. The number of rotatable bonds is 4. The number of aromatic nitrogens is 2. The summed E-state index contributed by atoms with van der Waals surface area (Å²) in [5.74, 6) is -0.908. The molecule has 5 nitrogen and oxygen atoms in total. The Labute approximate surface area is 137 Å². The zero-order chi connectivity index (χ0) is 15.8. The Hall–Kier alpha value is -2.47. The van der Waals surface area contributed by atoms with Gasteiger partial charge >= 0.3 is 5.97 Å². The van der Waals surface area contributed by atoms with Crippen LogP contribution in [-0.2, 0) is 4.79 Å². The van der Waals surface area contributed by atoms with Gasteiger partial charge in [0.05, 0.1) is 10.8 Å². The Morgan fingerprint density at radius 2 is 2.09 bits per heavy atom. The third-order valence-electron chi connectivity index (χ3n) is 4.25. The predicted molar refractivity (Wildman–Crippen MR) is 90.6 cm³/mol. The molecule has 1 fully saturated rings. The van der Waals surface area contributed by atoms with Crippen molar-refractivity contribution in [1.82, 2.24) is 9.97 Å². The summed E-state index contributed by atoms with van der Waals surface area (Å²) in [5.41, 5.74) is 1.13. The van der Waals surface area contributed by atoms with Crippen LogP contribution in [0.25, 0.3) is 21.2 Å². The maximum Gasteiger partial charge on any atom is 0.306 e. The lowest BCUT2D eigenvalue weighted by Crippen LogP contribution is -2.39. The summed E-state index contributed by atoms with van der Waals surface area (Å²) in [4.78, 5) is 20.5. The molecule has 1 aromatic carbocycles. The largest absolute Gasteiger partial charge is 0.481 e. The lowest BCUT2D eigenvalue weighted by atomic mass is 9.80. The van der Waals surface area contributed by atoms with E-state index in [9.17, 15) is 4.79 Å². The van der Waals surface area contributed by atoms with Crippen molar-refractivity contribution in [3.8, 4) is 10.4 Å². The van der Waals surface area contributed by atoms with Crippen LogP contribution in [0.3, 0.4) is 0 Å². The lowest BCUT2D eigenvalue weighted by molar-refractivity contribution is -0.144. The molecule has 2 aromatic heterocycles. The quantitative estimate of drug-likeness (QED) is 0.766. The zero-order valence-electron chi connectivity index (χ0n) is 12.3. The number of hydrogen-bond acceptors (Lipinski definition) is 5. The molecular weight excluding hydrogens is 310 g/mol. The first-order valence-corrected chi connectivity index (χ1v) is 8.30. The number of nitrogens with zero attached hydrogens (tertiary/aromatic N) is 2. The lowest BCUT2D eigenvalue weighted by Gasteiger charge is -2.32. The molecule has 1 aliphatic carbocycles. The molecule has 1 aliphatic rings. The molecule has 4 rings (SSSR count). The van der Waals surface area contributed by atoms with Crippen LogP contribution in [-0.4, -0.2) is 27.1 Å². The second kappa shape index (κ2) is 5.62. The first kappa shape index (κ1) is 14.1. The average molecular weight is 325 g/mol. The number of carbonyl (C=O) groups is 1. The number of fused-ring (bicyclic) bond motifs is 1. The fraction of sp³-hybridized carbons (Fsp3) is 0.235. The monoisotopic (exact) mass is 325 g/mol. The van der Waals surface area contributed by atoms with E-state index >= 15 is 0 Å². The number of anilines is 1. The van der Waals surface area contributed by atoms with E-state index in [-0.39, 0.29) is 12.0 Å². The minimum absolute atomic E-state index is 0.207. The number of carboxylic acids is 1. The molecule has 2 N–H and O–H groups in total. The molecule has 0 spiro atoms. The number of carboxylic acid groups (broad SMARTS) is 1. The van der Waals surface area contributed by atoms with Crippen LogP contribution >= 0.6 is 11.3 Å². The van der Waals surface area contributed by atoms with Crippen molar-refractivity contribution in [1.29, 1.82) is 0 Å². The van der Waals surface area contributed by atoms with Crippen molar-refractivity contribution in [2.24, 2.45) is 5.92 Å². The van der Waals surface area contributed by atoms with E-state index in [0.29, 0.717) is 12.8 Å². The Bertz CT molecular complexity index is 871. The van der Waals surface area contributed by atoms with E-state index < -0.39 is 5.97 Å². The predicted octanol–water partition coefficient (Wildman–Crippen LogP) is 3.63. The van der Waals surface area contributed by atoms with Gasteiger partial charge in [-0.3, -0.25) is 9.78 Å². The van der Waals surface area contributed by atoms with Crippen LogP contribution in [0.2, 0.25) is 0 Å². The Kier molecular flexibility index (Phi) is 3.46. The second-order valence-corrected chi connectivity index (χ2v) is 6.85. The van der Waals surface area contributed by atoms with E-state index in [4.69, 9.17) is 5.11 Å². The normalized spacial score (nSPS) is 20.2. The minimum atomic E-state index is -0.700. The summed E-state index contributed by atoms with van der Waals surface area (Å²) in [6, 6.07) is 8.49. The van der Waals surface area contributed by atoms with E-state index in [1.54, 1.807) is 17.5 Å². The van der Waals surface area contributed by atoms with Crippen molar-refractivity contribution >= 4 is 33.2 Å². The average Bonchev–Trinajstić information content (AvgIpc) is 2.98. The molecule has 0 amide bonds. The highest BCUT2D eigenvalue weighted by Crippen LogP contribution is 2.34. The van der Waals surface area contributed by atoms with Gasteiger partial charge < -0.3 is 10.4 Å². The zero-order valence-corrected chi connectivity index (χ0v) is 13.1. The fourth-order valence-electron chi connectivity index (χ4n) is 2.82. The third-order valence-corrected chi connectivity index (χ3v) is 5.22. The number of nitrogens with one attached hydrogen (secondary N) is 1. The van der Waals surface area contributed by atoms with E-state index in [1.165, 1.54) is 0 Å². The first-order chi connectivity index (χ1) is 11.2. The standard InChI is InChI=1S/C17H15N3O2S/c21-16(22)13-6-14(7-13)20-17-19-9-15(23-17)11-1-2-12-8-18-4-3-10(12)5-11/h1-5,8-9,13-14H,6-7H2,(H,19,20)(H,21,22). The summed E-state index contributed by atoms with van der Waals surface area (Å²) < 4.78 is 0. The number of hydrogen-bond donors (Lipinski definition) is 2. The molecule has 2 heterocycles. The molecule has 0 saturated heterocycles. The highest BCUT2D eigenvalue weighted by Gasteiger charge is 2.34. The number of aliphatic carboxylic acids is 1. The van der Waals surface area contributed by atoms with Gasteiger partial charge in [-0.2, -0.15) is 0 Å². The Morgan fingerprint density at radius 3 is 2.91 bits per heavy atom. The van der Waals surface area contributed by atoms with Gasteiger partial charge in [0.1, 0.15) is 0 Å². The summed E-state index contributed by atoms with van der Waals surface area (Å²) >= 11 is 1.60. The maximum absolute atomic E-state index is 10.8. The van der Waals surface area contributed by atoms with E-state index in [2.05, 4.69) is 33.5 Å². The molecule has 0 radical (unpaired) electrons. The summed E-state index contributed by atoms with van der Waals surface area (Å²) in [5, 5.41) is 15.4. The van der Waals surface area contributed by atoms with Crippen molar-refractivity contribution in [2.75, 3.05) is 5.32 Å². The second-order valence-electron chi connectivity index (χ2n) is 5.82. The van der Waals surface area contributed by atoms with Crippen LogP contribution in [0.5, 0.6) is 0 Å². The molecular formula is C17H15N3O2S. The third kappa shape index (κ3) is 2.77. The van der Waals surface area contributed by atoms with Crippen LogP contribution in [0, 0.1) is 5.92 Å². The highest BCUT2D eigenvalue weighted by atomic mass is 32.1. The van der Waals surface area contributed by atoms with Crippen molar-refractivity contribution in [2.45, 2.75) is 18.9 Å². The van der Waals surface area contributed by atoms with Gasteiger partial charge in [0.25, 0.3) is 0 Å². The van der Waals surface area contributed by atoms with Gasteiger partial charge in [-0.05, 0) is 35.9 Å². The van der Waals surface area contributed by atoms with Crippen LogP contribution in [0.4, 0.5) is 5.13 Å². The van der Waals surface area contributed by atoms with Gasteiger partial charge in [0, 0.05) is 30.0 Å². The van der Waals surface area contributed by atoms with E-state index in [0.717, 1.165) is 26.3 Å². The number of pyridine rings is 1. The molecule has 23 heavy (non-hydrogen) atoms. The molecule has 0 bridgehead atoms. The minimum Gasteiger partial charge on any atom is -0.481 e. The van der Waals surface area contributed by atoms with Crippen molar-refractivity contribution in [3.05, 3.63) is 42.9 Å². The van der Waals surface area contributed by atoms with Crippen molar-refractivity contribution < 1.29 is 9.90 Å². The van der Waals surface area contributed by atoms with E-state index in [1.807, 2.05) is 18.5 Å². The van der Waals surface area contributed by atoms with Crippen molar-refractivity contribution in [3.63, 3.8) is 0 Å². The molecule has 6 heteroatoms. The Morgan fingerprint density at radius 1 is 1.22 bits per heavy atom. The van der Waals surface area contributed by atoms with Gasteiger partial charge in [-0.15, -0.1) is 0 Å². The van der Waals surface area contributed by atoms with Crippen LogP contribution in [0.1, 0.15) is 12.8 Å². The number of benzene rings is 1. The molecule has 0 atom stereocenters. The fourth-order valence-corrected chi connectivity index (χ4v) is 3.71. The summed E-state index contributed by atoms with van der Waals surface area (Å²) in [7, 11) is 0. The smallest absolute Gasteiger partial charge is 0.306 e. The van der Waals surface area contributed by atoms with Crippen LogP contribution < -0.4 is 5.32 Å². The topological polar surface area (TPSA) is 75.1 Å². The van der Waals surface area contributed by atoms with Crippen LogP contribution in [0.15, 0.2) is 42.9 Å². The van der Waals surface area contributed by atoms with Gasteiger partial charge in [0.2, 0.25) is 0 Å².